The fourth-order valence-electron chi connectivity index (χ4n) is 11.9. The van der Waals surface area contributed by atoms with E-state index < -0.39 is 157 Å². The summed E-state index contributed by atoms with van der Waals surface area (Å²) in [5.74, 6) is -8.36. The van der Waals surface area contributed by atoms with E-state index in [2.05, 4.69) is 16.0 Å². The molecule has 5 amide bonds. The van der Waals surface area contributed by atoms with Gasteiger partial charge in [0.2, 0.25) is 23.6 Å². The molecule has 88 heavy (non-hydrogen) atoms. The molecule has 6 heterocycles. The minimum absolute atomic E-state index is 0.0267. The molecule has 6 fully saturated rings. The van der Waals surface area contributed by atoms with E-state index in [4.69, 9.17) is 56.8 Å². The SMILES string of the molecule is CC(C)C[C@H](NC(=O)[C@H](Cc1ccccc1)NC(=O)CN(C[C@H]1O[C@@H]2OC(C)(C)O[C@@H]2[C@H]2OC(C)(C)O[C@H]21)C(=O)CN(C[C@H]1O[C@@H]2OC(C)(C)O[C@@H]2[C@H]2OC(C)(C)O[C@H]21)C(=O)[C@H](Cc1ccc(O)cc1)NC(=O)OC(C)(C)C)C(=O)OCc1ccccc1. The van der Waals surface area contributed by atoms with Crippen molar-refractivity contribution in [3.05, 3.63) is 102 Å². The van der Waals surface area contributed by atoms with E-state index in [-0.39, 0.29) is 50.6 Å². The van der Waals surface area contributed by atoms with Gasteiger partial charge in [0.15, 0.2) is 35.7 Å². The number of rotatable bonds is 22. The maximum Gasteiger partial charge on any atom is 0.408 e. The van der Waals surface area contributed by atoms with Gasteiger partial charge in [-0.15, -0.1) is 0 Å². The summed E-state index contributed by atoms with van der Waals surface area (Å²) in [5.41, 5.74) is 0.969. The van der Waals surface area contributed by atoms with Crippen LogP contribution < -0.4 is 16.0 Å². The van der Waals surface area contributed by atoms with Gasteiger partial charge in [-0.2, -0.15) is 0 Å². The number of phenols is 1. The highest BCUT2D eigenvalue weighted by molar-refractivity contribution is 5.94. The molecule has 24 nitrogen and oxygen atoms in total. The van der Waals surface area contributed by atoms with Crippen molar-refractivity contribution in [3.8, 4) is 5.75 Å². The lowest BCUT2D eigenvalue weighted by molar-refractivity contribution is -0.237. The molecule has 13 atom stereocenters. The van der Waals surface area contributed by atoms with Crippen LogP contribution in [-0.4, -0.2) is 185 Å². The van der Waals surface area contributed by atoms with Crippen LogP contribution >= 0.6 is 0 Å². The van der Waals surface area contributed by atoms with Gasteiger partial charge in [0, 0.05) is 12.8 Å². The fourth-order valence-corrected chi connectivity index (χ4v) is 11.9. The van der Waals surface area contributed by atoms with Crippen molar-refractivity contribution in [2.24, 2.45) is 5.92 Å². The first kappa shape index (κ1) is 66.1. The van der Waals surface area contributed by atoms with Gasteiger partial charge in [-0.3, -0.25) is 19.2 Å². The van der Waals surface area contributed by atoms with Crippen LogP contribution in [0.3, 0.4) is 0 Å². The van der Waals surface area contributed by atoms with E-state index in [0.717, 1.165) is 5.56 Å². The molecule has 0 aromatic heterocycles. The van der Waals surface area contributed by atoms with Gasteiger partial charge in [0.05, 0.1) is 26.2 Å². The highest BCUT2D eigenvalue weighted by Gasteiger charge is 2.63. The van der Waals surface area contributed by atoms with Crippen LogP contribution in [-0.2, 0) is 100 Å². The molecule has 6 saturated heterocycles. The largest absolute Gasteiger partial charge is 0.508 e. The molecule has 24 heteroatoms. The van der Waals surface area contributed by atoms with Crippen LogP contribution in [0.25, 0.3) is 0 Å². The molecule has 9 rings (SSSR count). The minimum atomic E-state index is -1.42. The first-order chi connectivity index (χ1) is 41.3. The van der Waals surface area contributed by atoms with Crippen molar-refractivity contribution < 1.29 is 90.7 Å². The van der Waals surface area contributed by atoms with Crippen LogP contribution in [0.15, 0.2) is 84.9 Å². The second kappa shape index (κ2) is 26.6. The average Bonchev–Trinajstić information content (AvgIpc) is 1.61. The number of nitrogens with one attached hydrogen (secondary N) is 3. The van der Waals surface area contributed by atoms with Crippen molar-refractivity contribution in [2.75, 3.05) is 26.2 Å². The zero-order valence-corrected chi connectivity index (χ0v) is 52.5. The molecule has 0 unspecified atom stereocenters. The second-order valence-corrected chi connectivity index (χ2v) is 26.6. The number of ether oxygens (including phenoxy) is 12. The van der Waals surface area contributed by atoms with E-state index in [1.807, 2.05) is 50.2 Å². The van der Waals surface area contributed by atoms with Crippen LogP contribution in [0, 0.1) is 5.92 Å². The third kappa shape index (κ3) is 17.1. The molecule has 3 aromatic rings. The molecular formula is C64H87N5O19. The molecule has 0 saturated carbocycles. The van der Waals surface area contributed by atoms with Gasteiger partial charge in [-0.05, 0) is 117 Å². The Labute approximate surface area is 514 Å². The number of fused-ring (bicyclic) bond motifs is 6. The molecule has 0 bridgehead atoms. The highest BCUT2D eigenvalue weighted by atomic mass is 16.9. The van der Waals surface area contributed by atoms with E-state index in [9.17, 15) is 19.5 Å². The van der Waals surface area contributed by atoms with Gasteiger partial charge < -0.3 is 87.7 Å². The molecule has 3 aromatic carbocycles. The summed E-state index contributed by atoms with van der Waals surface area (Å²) in [5, 5.41) is 18.7. The van der Waals surface area contributed by atoms with Crippen molar-refractivity contribution in [1.82, 2.24) is 25.8 Å². The van der Waals surface area contributed by atoms with Gasteiger partial charge in [-0.25, -0.2) is 9.59 Å². The standard InChI is InChI=1S/C64H87N5O19/c1-36(2)28-43(56(75)77-35-39-22-18-15-19-23-39)66-54(73)41(29-37-20-16-14-17-21-37)65-46(71)33-68(31-44-48-50(82-61(6,7)80-48)52-57(78-44)86-63(10,11)84-52)47(72)34-69(32-45-49-51(83-62(8,9)81-49)53-58(79-45)87-64(12,13)85-53)55(74)42(67-59(76)88-60(3,4)5)30-38-24-26-40(70)27-25-38/h14-27,36,41-45,48-53,57-58,70H,28-35H2,1-13H3,(H,65,71)(H,66,73)(H,67,76)/t41-,42-,43-,44+,45+,48-,49-,50-,51-,52+,53+,57+,58+/m0/s1. The number of benzene rings is 3. The molecule has 6 aliphatic rings. The maximum atomic E-state index is 15.8. The lowest BCUT2D eigenvalue weighted by Gasteiger charge is -2.41. The normalized spacial score (nSPS) is 27.9. The van der Waals surface area contributed by atoms with E-state index >= 15 is 14.4 Å². The number of esters is 1. The number of nitrogens with zero attached hydrogens (tertiary/aromatic N) is 2. The number of hydrogen-bond donors (Lipinski definition) is 4. The Balaban J connectivity index is 1.06. The summed E-state index contributed by atoms with van der Waals surface area (Å²) in [7, 11) is 0. The number of aromatic hydroxyl groups is 1. The molecule has 482 valence electrons. The van der Waals surface area contributed by atoms with Crippen molar-refractivity contribution in [1.29, 1.82) is 0 Å². The summed E-state index contributed by atoms with van der Waals surface area (Å²) in [6, 6.07) is 20.3. The van der Waals surface area contributed by atoms with Gasteiger partial charge in [0.1, 0.15) is 84.9 Å². The molecule has 0 spiro atoms. The zero-order valence-electron chi connectivity index (χ0n) is 52.5. The van der Waals surface area contributed by atoms with Gasteiger partial charge >= 0.3 is 12.1 Å². The fraction of sp³-hybridized carbons (Fsp3) is 0.625. The molecule has 4 N–H and O–H groups in total. The van der Waals surface area contributed by atoms with E-state index in [1.165, 1.54) is 21.9 Å². The summed E-state index contributed by atoms with van der Waals surface area (Å²) in [4.78, 5) is 91.3. The Morgan fingerprint density at radius 1 is 0.545 bits per heavy atom. The summed E-state index contributed by atoms with van der Waals surface area (Å²) in [6.45, 7) is 20.4. The topological polar surface area (TPSA) is 276 Å². The molecule has 0 aliphatic carbocycles. The van der Waals surface area contributed by atoms with Crippen LogP contribution in [0.2, 0.25) is 0 Å². The van der Waals surface area contributed by atoms with Gasteiger partial charge in [-0.1, -0.05) is 86.6 Å². The zero-order chi connectivity index (χ0) is 63.7. The Kier molecular flexibility index (Phi) is 20.0. The quantitative estimate of drug-likeness (QED) is 0.0932. The Hall–Kier alpha value is -6.32. The number of carbonyl (C=O) groups excluding carboxylic acids is 6. The lowest BCUT2D eigenvalue weighted by Crippen LogP contribution is -2.62. The second-order valence-electron chi connectivity index (χ2n) is 26.6. The predicted octanol–water partition coefficient (Wildman–Crippen LogP) is 5.28. The molecule has 0 radical (unpaired) electrons. The lowest BCUT2D eigenvalue weighted by atomic mass is 9.97. The van der Waals surface area contributed by atoms with Crippen LogP contribution in [0.4, 0.5) is 4.79 Å². The first-order valence-electron chi connectivity index (χ1n) is 30.2. The smallest absolute Gasteiger partial charge is 0.408 e. The first-order valence-corrected chi connectivity index (χ1v) is 30.2. The maximum absolute atomic E-state index is 15.8. The summed E-state index contributed by atoms with van der Waals surface area (Å²) >= 11 is 0. The van der Waals surface area contributed by atoms with Crippen LogP contribution in [0.5, 0.6) is 5.75 Å². The number of amides is 5. The monoisotopic (exact) mass is 1230 g/mol. The van der Waals surface area contributed by atoms with E-state index in [1.54, 1.807) is 113 Å². The van der Waals surface area contributed by atoms with E-state index in [0.29, 0.717) is 11.1 Å². The third-order valence-corrected chi connectivity index (χ3v) is 15.5. The Morgan fingerprint density at radius 2 is 1.01 bits per heavy atom. The summed E-state index contributed by atoms with van der Waals surface area (Å²) in [6.07, 6.45) is -9.85. The Morgan fingerprint density at radius 3 is 1.53 bits per heavy atom. The minimum Gasteiger partial charge on any atom is -0.508 e. The number of hydrogen-bond acceptors (Lipinski definition) is 19. The van der Waals surface area contributed by atoms with Crippen LogP contribution in [0.1, 0.15) is 113 Å². The third-order valence-electron chi connectivity index (χ3n) is 15.5. The summed E-state index contributed by atoms with van der Waals surface area (Å²) < 4.78 is 75.6. The average molecular weight is 1230 g/mol. The van der Waals surface area contributed by atoms with Crippen molar-refractivity contribution in [3.63, 3.8) is 0 Å². The predicted molar refractivity (Wildman–Crippen MR) is 313 cm³/mol. The van der Waals surface area contributed by atoms with Gasteiger partial charge in [0.25, 0.3) is 0 Å². The van der Waals surface area contributed by atoms with Crippen molar-refractivity contribution in [2.45, 2.75) is 224 Å². The van der Waals surface area contributed by atoms with Crippen molar-refractivity contribution >= 4 is 35.7 Å². The number of phenolic OH excluding ortho intramolecular Hbond substituents is 1. The number of carbonyl (C=O) groups is 6. The molecule has 6 aliphatic heterocycles. The highest BCUT2D eigenvalue weighted by Crippen LogP contribution is 2.46. The molecular weight excluding hydrogens is 1140 g/mol. The number of alkyl carbamates (subject to hydrolysis) is 1. The Bertz CT molecular complexity index is 2940.